The first-order valence-electron chi connectivity index (χ1n) is 14.4. The van der Waals surface area contributed by atoms with Gasteiger partial charge in [0.25, 0.3) is 0 Å². The molecule has 0 unspecified atom stereocenters. The van der Waals surface area contributed by atoms with Gasteiger partial charge in [0.15, 0.2) is 0 Å². The third-order valence-corrected chi connectivity index (χ3v) is 7.45. The molecule has 0 bridgehead atoms. The molecule has 0 atom stereocenters. The lowest BCUT2D eigenvalue weighted by atomic mass is 9.86. The Morgan fingerprint density at radius 2 is 1.58 bits per heavy atom. The minimum atomic E-state index is -0.458. The molecule has 5 heteroatoms. The van der Waals surface area contributed by atoms with Crippen LogP contribution in [0, 0.1) is 11.8 Å². The SMILES string of the molecule is C=CN=C(C)C(/C(=C\C)C1CC1)=C(\C)N1CCN(C(=O)OC(C)(C)C)CC1.CCCC1CCCCC1. The van der Waals surface area contributed by atoms with Gasteiger partial charge in [0, 0.05) is 49.4 Å². The van der Waals surface area contributed by atoms with E-state index < -0.39 is 5.60 Å². The van der Waals surface area contributed by atoms with E-state index in [2.05, 4.69) is 50.2 Å². The molecule has 0 spiro atoms. The molecule has 0 N–H and O–H groups in total. The van der Waals surface area contributed by atoms with Gasteiger partial charge in [-0.25, -0.2) is 4.79 Å². The molecule has 0 radical (unpaired) electrons. The summed E-state index contributed by atoms with van der Waals surface area (Å²) < 4.78 is 5.50. The Morgan fingerprint density at radius 1 is 1.00 bits per heavy atom. The van der Waals surface area contributed by atoms with Gasteiger partial charge in [-0.1, -0.05) is 64.5 Å². The van der Waals surface area contributed by atoms with Gasteiger partial charge in [0.2, 0.25) is 0 Å². The maximum absolute atomic E-state index is 12.3. The van der Waals surface area contributed by atoms with Crippen molar-refractivity contribution in [1.29, 1.82) is 0 Å². The van der Waals surface area contributed by atoms with Gasteiger partial charge < -0.3 is 14.5 Å². The zero-order chi connectivity index (χ0) is 26.7. The van der Waals surface area contributed by atoms with Crippen LogP contribution in [0.4, 0.5) is 4.79 Å². The van der Waals surface area contributed by atoms with Crippen molar-refractivity contribution in [3.8, 4) is 0 Å². The van der Waals surface area contributed by atoms with Crippen molar-refractivity contribution in [2.45, 2.75) is 112 Å². The summed E-state index contributed by atoms with van der Waals surface area (Å²) >= 11 is 0. The van der Waals surface area contributed by atoms with Gasteiger partial charge in [0.1, 0.15) is 5.60 Å². The van der Waals surface area contributed by atoms with Crippen LogP contribution in [-0.4, -0.2) is 53.4 Å². The fraction of sp³-hybridized carbons (Fsp3) is 0.742. The quantitative estimate of drug-likeness (QED) is 0.262. The Bertz CT molecular complexity index is 797. The van der Waals surface area contributed by atoms with E-state index in [9.17, 15) is 4.79 Å². The highest BCUT2D eigenvalue weighted by atomic mass is 16.6. The minimum Gasteiger partial charge on any atom is -0.444 e. The highest BCUT2D eigenvalue weighted by Gasteiger charge is 2.32. The fourth-order valence-electron chi connectivity index (χ4n) is 5.45. The van der Waals surface area contributed by atoms with Gasteiger partial charge >= 0.3 is 6.09 Å². The van der Waals surface area contributed by atoms with Crippen LogP contribution in [0.15, 0.2) is 40.7 Å². The van der Waals surface area contributed by atoms with Crippen molar-refractivity contribution >= 4 is 11.8 Å². The number of rotatable bonds is 7. The van der Waals surface area contributed by atoms with Crippen molar-refractivity contribution in [2.24, 2.45) is 16.8 Å². The van der Waals surface area contributed by atoms with Crippen LogP contribution < -0.4 is 0 Å². The fourth-order valence-corrected chi connectivity index (χ4v) is 5.45. The predicted molar refractivity (Wildman–Crippen MR) is 153 cm³/mol. The lowest BCUT2D eigenvalue weighted by Crippen LogP contribution is -2.49. The summed E-state index contributed by atoms with van der Waals surface area (Å²) in [5.41, 5.74) is 4.43. The number of amides is 1. The van der Waals surface area contributed by atoms with Crippen LogP contribution >= 0.6 is 0 Å². The second-order valence-corrected chi connectivity index (χ2v) is 11.6. The van der Waals surface area contributed by atoms with Crippen LogP contribution in [0.1, 0.15) is 106 Å². The van der Waals surface area contributed by atoms with E-state index in [1.54, 1.807) is 11.1 Å². The number of hydrogen-bond donors (Lipinski definition) is 0. The molecule has 0 aromatic rings. The highest BCUT2D eigenvalue weighted by molar-refractivity contribution is 6.03. The Hall–Kier alpha value is -2.04. The summed E-state index contributed by atoms with van der Waals surface area (Å²) in [5, 5.41) is 0. The van der Waals surface area contributed by atoms with Crippen molar-refractivity contribution in [3.63, 3.8) is 0 Å². The van der Waals surface area contributed by atoms with Crippen molar-refractivity contribution in [3.05, 3.63) is 35.7 Å². The van der Waals surface area contributed by atoms with E-state index in [1.165, 1.54) is 74.6 Å². The molecular formula is C31H53N3O2. The third kappa shape index (κ3) is 9.78. The average Bonchev–Trinajstić information content (AvgIpc) is 3.68. The topological polar surface area (TPSA) is 45.1 Å². The molecule has 1 aliphatic heterocycles. The third-order valence-electron chi connectivity index (χ3n) is 7.45. The summed E-state index contributed by atoms with van der Waals surface area (Å²) in [6.07, 6.45) is 16.6. The Balaban J connectivity index is 0.000000425. The molecule has 5 nitrogen and oxygen atoms in total. The normalized spacial score (nSPS) is 20.9. The Labute approximate surface area is 221 Å². The molecule has 204 valence electrons. The summed E-state index contributed by atoms with van der Waals surface area (Å²) in [4.78, 5) is 20.9. The first-order chi connectivity index (χ1) is 17.1. The summed E-state index contributed by atoms with van der Waals surface area (Å²) in [6, 6.07) is 0. The van der Waals surface area contributed by atoms with E-state index in [1.807, 2.05) is 20.8 Å². The molecule has 3 fully saturated rings. The number of ether oxygens (including phenoxy) is 1. The van der Waals surface area contributed by atoms with Gasteiger partial charge in [-0.05, 0) is 71.8 Å². The maximum Gasteiger partial charge on any atom is 0.410 e. The highest BCUT2D eigenvalue weighted by Crippen LogP contribution is 2.41. The Morgan fingerprint density at radius 3 is 2.06 bits per heavy atom. The summed E-state index contributed by atoms with van der Waals surface area (Å²) in [5.74, 6) is 1.75. The first-order valence-corrected chi connectivity index (χ1v) is 14.4. The Kier molecular flexibility index (Phi) is 12.3. The second-order valence-electron chi connectivity index (χ2n) is 11.6. The maximum atomic E-state index is 12.3. The molecule has 36 heavy (non-hydrogen) atoms. The smallest absolute Gasteiger partial charge is 0.410 e. The largest absolute Gasteiger partial charge is 0.444 e. The van der Waals surface area contributed by atoms with Crippen LogP contribution in [0.2, 0.25) is 0 Å². The second kappa shape index (κ2) is 14.6. The number of aliphatic imine (C=N–C) groups is 1. The lowest BCUT2D eigenvalue weighted by molar-refractivity contribution is 0.0168. The van der Waals surface area contributed by atoms with Crippen LogP contribution in [0.3, 0.4) is 0 Å². The van der Waals surface area contributed by atoms with E-state index >= 15 is 0 Å². The van der Waals surface area contributed by atoms with Crippen LogP contribution in [0.5, 0.6) is 0 Å². The molecule has 2 aliphatic carbocycles. The number of carbonyl (C=O) groups excluding carboxylic acids is 1. The number of piperazine rings is 1. The van der Waals surface area contributed by atoms with Crippen molar-refractivity contribution < 1.29 is 9.53 Å². The van der Waals surface area contributed by atoms with Crippen molar-refractivity contribution in [1.82, 2.24) is 9.80 Å². The number of nitrogens with zero attached hydrogens (tertiary/aromatic N) is 3. The van der Waals surface area contributed by atoms with Gasteiger partial charge in [-0.3, -0.25) is 4.99 Å². The standard InChI is InChI=1S/C22H35N3O2.C9H18/c1-8-19(18-10-11-18)20(16(3)23-9-2)17(4)24-12-14-25(15-13-24)21(26)27-22(5,6)7;1-2-6-9-7-4-3-5-8-9/h8-9,18H,2,10-15H2,1,3-7H3;9H,2-8H2,1H3/b19-8-,20-17-,23-16?;. The molecule has 3 rings (SSSR count). The van der Waals surface area contributed by atoms with Crippen LogP contribution in [0.25, 0.3) is 0 Å². The molecule has 3 aliphatic rings. The molecular weight excluding hydrogens is 446 g/mol. The number of allylic oxidation sites excluding steroid dienone is 4. The molecule has 1 saturated heterocycles. The molecule has 1 heterocycles. The minimum absolute atomic E-state index is 0.222. The molecule has 2 saturated carbocycles. The molecule has 0 aromatic carbocycles. The summed E-state index contributed by atoms with van der Waals surface area (Å²) in [7, 11) is 0. The van der Waals surface area contributed by atoms with E-state index in [0.29, 0.717) is 19.0 Å². The first kappa shape index (κ1) is 30.2. The molecule has 0 aromatic heterocycles. The average molecular weight is 500 g/mol. The number of carbonyl (C=O) groups is 1. The zero-order valence-electron chi connectivity index (χ0n) is 24.4. The zero-order valence-corrected chi connectivity index (χ0v) is 24.4. The van der Waals surface area contributed by atoms with Gasteiger partial charge in [-0.2, -0.15) is 0 Å². The van der Waals surface area contributed by atoms with E-state index in [4.69, 9.17) is 4.74 Å². The van der Waals surface area contributed by atoms with Crippen LogP contribution in [-0.2, 0) is 4.74 Å². The van der Waals surface area contributed by atoms with E-state index in [-0.39, 0.29) is 6.09 Å². The monoisotopic (exact) mass is 499 g/mol. The molecule has 1 amide bonds. The van der Waals surface area contributed by atoms with Gasteiger partial charge in [0.05, 0.1) is 0 Å². The van der Waals surface area contributed by atoms with E-state index in [0.717, 1.165) is 24.7 Å². The van der Waals surface area contributed by atoms with Crippen molar-refractivity contribution in [2.75, 3.05) is 26.2 Å². The summed E-state index contributed by atoms with van der Waals surface area (Å²) in [6.45, 7) is 21.1. The number of hydrogen-bond acceptors (Lipinski definition) is 4. The lowest BCUT2D eigenvalue weighted by Gasteiger charge is -2.38. The van der Waals surface area contributed by atoms with Gasteiger partial charge in [-0.15, -0.1) is 0 Å². The predicted octanol–water partition coefficient (Wildman–Crippen LogP) is 8.14.